The standard InChI is InChI=1S/C25H26N2/c1-2-19-12-13-20-14-24(19)27(17-18-8-4-3-5-9-18)25(20)15-21-16-26-23-11-7-6-10-22(21)23/h3-11,16,20,24-26H,1,12-15,17H2/t20-,24-,25-/m0/s1. The lowest BCUT2D eigenvalue weighted by Gasteiger charge is -2.30. The van der Waals surface area contributed by atoms with E-state index < -0.39 is 0 Å². The predicted octanol–water partition coefficient (Wildman–Crippen LogP) is 5.47. The minimum absolute atomic E-state index is 0.511. The second-order valence-corrected chi connectivity index (χ2v) is 8.04. The average Bonchev–Trinajstić information content (AvgIpc) is 3.24. The molecule has 2 aromatic carbocycles. The molecule has 3 aromatic rings. The molecular weight excluding hydrogens is 328 g/mol. The molecule has 2 heteroatoms. The molecule has 1 saturated heterocycles. The Morgan fingerprint density at radius 2 is 1.89 bits per heavy atom. The molecular formula is C25H26N2. The van der Waals surface area contributed by atoms with Crippen LogP contribution in [0.5, 0.6) is 0 Å². The van der Waals surface area contributed by atoms with E-state index in [1.807, 2.05) is 0 Å². The summed E-state index contributed by atoms with van der Waals surface area (Å²) in [6, 6.07) is 20.7. The highest BCUT2D eigenvalue weighted by atomic mass is 15.2. The third kappa shape index (κ3) is 2.96. The number of para-hydroxylation sites is 1. The molecule has 0 unspecified atom stereocenters. The van der Waals surface area contributed by atoms with Gasteiger partial charge in [0.15, 0.2) is 0 Å². The van der Waals surface area contributed by atoms with Crippen molar-refractivity contribution >= 4 is 10.9 Å². The second-order valence-electron chi connectivity index (χ2n) is 8.04. The molecule has 1 N–H and O–H groups in total. The monoisotopic (exact) mass is 354 g/mol. The Labute approximate surface area is 161 Å². The largest absolute Gasteiger partial charge is 0.361 e. The second kappa shape index (κ2) is 6.88. The van der Waals surface area contributed by atoms with Crippen LogP contribution in [0.25, 0.3) is 10.9 Å². The van der Waals surface area contributed by atoms with E-state index in [1.54, 1.807) is 0 Å². The van der Waals surface area contributed by atoms with Crippen molar-refractivity contribution in [2.45, 2.75) is 44.3 Å². The topological polar surface area (TPSA) is 19.0 Å². The van der Waals surface area contributed by atoms with E-state index in [9.17, 15) is 0 Å². The summed E-state index contributed by atoms with van der Waals surface area (Å²) in [4.78, 5) is 6.20. The van der Waals surface area contributed by atoms with E-state index in [0.717, 1.165) is 25.3 Å². The molecule has 1 aromatic heterocycles. The molecule has 1 aliphatic heterocycles. The Morgan fingerprint density at radius 1 is 1.07 bits per heavy atom. The van der Waals surface area contributed by atoms with E-state index >= 15 is 0 Å². The van der Waals surface area contributed by atoms with Crippen LogP contribution < -0.4 is 0 Å². The van der Waals surface area contributed by atoms with Crippen LogP contribution >= 0.6 is 0 Å². The molecule has 0 radical (unpaired) electrons. The third-order valence-electron chi connectivity index (χ3n) is 6.62. The molecule has 0 spiro atoms. The first kappa shape index (κ1) is 16.6. The Kier molecular flexibility index (Phi) is 4.24. The first-order valence-electron chi connectivity index (χ1n) is 10.1. The van der Waals surface area contributed by atoms with Gasteiger partial charge in [-0.3, -0.25) is 4.90 Å². The molecule has 2 heterocycles. The van der Waals surface area contributed by atoms with Gasteiger partial charge in [-0.1, -0.05) is 55.1 Å². The van der Waals surface area contributed by atoms with Crippen LogP contribution in [0.3, 0.4) is 0 Å². The van der Waals surface area contributed by atoms with Crippen LogP contribution in [0.15, 0.2) is 78.7 Å². The van der Waals surface area contributed by atoms with Crippen molar-refractivity contribution < 1.29 is 0 Å². The third-order valence-corrected chi connectivity index (χ3v) is 6.62. The fourth-order valence-electron chi connectivity index (χ4n) is 5.28. The van der Waals surface area contributed by atoms with Crippen LogP contribution in [0.2, 0.25) is 0 Å². The number of aromatic nitrogens is 1. The first-order chi connectivity index (χ1) is 13.3. The summed E-state index contributed by atoms with van der Waals surface area (Å²) in [5.41, 5.74) is 8.79. The van der Waals surface area contributed by atoms with Crippen molar-refractivity contribution in [3.8, 4) is 0 Å². The van der Waals surface area contributed by atoms with E-state index in [2.05, 4.69) is 83.0 Å². The lowest BCUT2D eigenvalue weighted by molar-refractivity contribution is 0.193. The number of likely N-dealkylation sites (tertiary alicyclic amines) is 1. The van der Waals surface area contributed by atoms with Gasteiger partial charge >= 0.3 is 0 Å². The number of hydrogen-bond acceptors (Lipinski definition) is 1. The molecule has 0 amide bonds. The molecule has 1 saturated carbocycles. The lowest BCUT2D eigenvalue weighted by atomic mass is 9.83. The Balaban J connectivity index is 1.49. The van der Waals surface area contributed by atoms with Crippen molar-refractivity contribution in [2.75, 3.05) is 0 Å². The Hall–Kier alpha value is -2.54. The molecule has 2 nitrogen and oxygen atoms in total. The maximum absolute atomic E-state index is 3.99. The van der Waals surface area contributed by atoms with Crippen molar-refractivity contribution in [1.29, 1.82) is 0 Å². The highest BCUT2D eigenvalue weighted by molar-refractivity contribution is 5.83. The summed E-state index contributed by atoms with van der Waals surface area (Å²) >= 11 is 0. The van der Waals surface area contributed by atoms with Gasteiger partial charge in [-0.05, 0) is 54.4 Å². The van der Waals surface area contributed by atoms with Gasteiger partial charge in [0, 0.05) is 35.7 Å². The van der Waals surface area contributed by atoms with E-state index in [-0.39, 0.29) is 0 Å². The van der Waals surface area contributed by atoms with E-state index in [4.69, 9.17) is 0 Å². The summed E-state index contributed by atoms with van der Waals surface area (Å²) in [6.07, 6.45) is 7.03. The van der Waals surface area contributed by atoms with Crippen LogP contribution in [0.4, 0.5) is 0 Å². The van der Waals surface area contributed by atoms with E-state index in [1.165, 1.54) is 40.4 Å². The molecule has 3 atom stereocenters. The zero-order valence-electron chi connectivity index (χ0n) is 15.7. The van der Waals surface area contributed by atoms with Crippen molar-refractivity contribution in [3.05, 3.63) is 89.8 Å². The Bertz CT molecular complexity index is 993. The summed E-state index contributed by atoms with van der Waals surface area (Å²) in [7, 11) is 0. The van der Waals surface area contributed by atoms with Crippen LogP contribution in [0.1, 0.15) is 30.4 Å². The smallest absolute Gasteiger partial charge is 0.0456 e. The van der Waals surface area contributed by atoms with Crippen molar-refractivity contribution in [1.82, 2.24) is 9.88 Å². The minimum atomic E-state index is 0.511. The van der Waals surface area contributed by atoms with Gasteiger partial charge in [0.2, 0.25) is 0 Å². The summed E-state index contributed by atoms with van der Waals surface area (Å²) in [5, 5.41) is 1.37. The molecule has 2 fully saturated rings. The zero-order valence-corrected chi connectivity index (χ0v) is 15.7. The van der Waals surface area contributed by atoms with Gasteiger partial charge in [0.1, 0.15) is 0 Å². The molecule has 136 valence electrons. The summed E-state index contributed by atoms with van der Waals surface area (Å²) in [5.74, 6) is 0.768. The van der Waals surface area contributed by atoms with Crippen molar-refractivity contribution in [2.24, 2.45) is 5.92 Å². The SMILES string of the molecule is C=C=C1CC[C@H]2C[C@@H]1N(Cc1ccccc1)[C@H]2Cc1c[nH]c2ccccc12. The first-order valence-corrected chi connectivity index (χ1v) is 10.1. The molecule has 2 aliphatic rings. The fourth-order valence-corrected chi connectivity index (χ4v) is 5.28. The lowest BCUT2D eigenvalue weighted by Crippen LogP contribution is -2.37. The highest BCUT2D eigenvalue weighted by Gasteiger charge is 2.45. The van der Waals surface area contributed by atoms with Gasteiger partial charge in [-0.15, -0.1) is 5.73 Å². The summed E-state index contributed by atoms with van der Waals surface area (Å²) < 4.78 is 0. The summed E-state index contributed by atoms with van der Waals surface area (Å²) in [6.45, 7) is 5.00. The number of fused-ring (bicyclic) bond motifs is 3. The number of nitrogens with one attached hydrogen (secondary N) is 1. The number of benzene rings is 2. The molecule has 5 rings (SSSR count). The fraction of sp³-hybridized carbons (Fsp3) is 0.320. The van der Waals surface area contributed by atoms with Gasteiger partial charge in [-0.25, -0.2) is 0 Å². The quantitative estimate of drug-likeness (QED) is 0.615. The maximum atomic E-state index is 3.99. The van der Waals surface area contributed by atoms with Crippen molar-refractivity contribution in [3.63, 3.8) is 0 Å². The molecule has 27 heavy (non-hydrogen) atoms. The van der Waals surface area contributed by atoms with Crippen LogP contribution in [0, 0.1) is 5.92 Å². The van der Waals surface area contributed by atoms with Crippen LogP contribution in [-0.2, 0) is 13.0 Å². The van der Waals surface area contributed by atoms with Gasteiger partial charge in [0.05, 0.1) is 0 Å². The number of nitrogens with zero attached hydrogens (tertiary/aromatic N) is 1. The minimum Gasteiger partial charge on any atom is -0.361 e. The van der Waals surface area contributed by atoms with Crippen LogP contribution in [-0.4, -0.2) is 22.0 Å². The number of aromatic amines is 1. The number of hydrogen-bond donors (Lipinski definition) is 1. The van der Waals surface area contributed by atoms with Gasteiger partial charge < -0.3 is 4.98 Å². The van der Waals surface area contributed by atoms with Gasteiger partial charge in [-0.2, -0.15) is 0 Å². The molecule has 2 bridgehead atoms. The maximum Gasteiger partial charge on any atom is 0.0456 e. The number of rotatable bonds is 4. The Morgan fingerprint density at radius 3 is 2.74 bits per heavy atom. The molecule has 1 aliphatic carbocycles. The van der Waals surface area contributed by atoms with Gasteiger partial charge in [0.25, 0.3) is 0 Å². The normalized spacial score (nSPS) is 25.0. The zero-order chi connectivity index (χ0) is 18.2. The highest BCUT2D eigenvalue weighted by Crippen LogP contribution is 2.44. The van der Waals surface area contributed by atoms with E-state index in [0.29, 0.717) is 12.1 Å². The predicted molar refractivity (Wildman–Crippen MR) is 112 cm³/mol. The average molecular weight is 354 g/mol. The number of H-pyrrole nitrogens is 1.